The topological polar surface area (TPSA) is 72.6 Å². The highest BCUT2D eigenvalue weighted by Gasteiger charge is 2.21. The van der Waals surface area contributed by atoms with Crippen LogP contribution in [0.1, 0.15) is 30.4 Å². The van der Waals surface area contributed by atoms with E-state index in [-0.39, 0.29) is 12.3 Å². The van der Waals surface area contributed by atoms with Gasteiger partial charge >= 0.3 is 5.97 Å². The van der Waals surface area contributed by atoms with E-state index >= 15 is 0 Å². The zero-order chi connectivity index (χ0) is 10.7. The van der Waals surface area contributed by atoms with Gasteiger partial charge in [0.15, 0.2) is 5.89 Å². The van der Waals surface area contributed by atoms with Crippen molar-refractivity contribution in [1.29, 1.82) is 0 Å². The number of nitrogens with zero attached hydrogens (tertiary/aromatic N) is 1. The van der Waals surface area contributed by atoms with Gasteiger partial charge < -0.3 is 14.3 Å². The molecule has 0 saturated carbocycles. The zero-order valence-corrected chi connectivity index (χ0v) is 8.31. The van der Waals surface area contributed by atoms with Crippen molar-refractivity contribution in [2.24, 2.45) is 0 Å². The molecule has 0 aliphatic carbocycles. The molecule has 0 radical (unpaired) electrons. The predicted octanol–water partition coefficient (Wildman–Crippen LogP) is 1.20. The molecule has 0 spiro atoms. The van der Waals surface area contributed by atoms with E-state index in [1.807, 2.05) is 0 Å². The van der Waals surface area contributed by atoms with Crippen LogP contribution in [0.4, 0.5) is 0 Å². The molecular formula is C10H13NO4. The largest absolute Gasteiger partial charge is 0.481 e. The van der Waals surface area contributed by atoms with Crippen LogP contribution in [0.5, 0.6) is 0 Å². The van der Waals surface area contributed by atoms with E-state index in [1.54, 1.807) is 0 Å². The van der Waals surface area contributed by atoms with Crippen molar-refractivity contribution in [3.8, 4) is 0 Å². The van der Waals surface area contributed by atoms with Gasteiger partial charge in [0.05, 0.1) is 18.7 Å². The van der Waals surface area contributed by atoms with E-state index in [9.17, 15) is 4.79 Å². The number of aliphatic carboxylic acids is 1. The molecule has 1 aromatic rings. The first-order valence-electron chi connectivity index (χ1n) is 5.00. The molecule has 0 aromatic carbocycles. The second-order valence-electron chi connectivity index (χ2n) is 3.65. The number of carboxylic acid groups (broad SMARTS) is 1. The molecule has 1 aromatic heterocycles. The van der Waals surface area contributed by atoms with E-state index < -0.39 is 5.97 Å². The van der Waals surface area contributed by atoms with Crippen LogP contribution >= 0.6 is 0 Å². The third-order valence-corrected chi connectivity index (χ3v) is 2.41. The molecule has 1 fully saturated rings. The highest BCUT2D eigenvalue weighted by atomic mass is 16.5. The van der Waals surface area contributed by atoms with Crippen LogP contribution in [0.25, 0.3) is 0 Å². The van der Waals surface area contributed by atoms with Gasteiger partial charge in [0.1, 0.15) is 12.2 Å². The van der Waals surface area contributed by atoms with Gasteiger partial charge in [0, 0.05) is 6.61 Å². The molecule has 5 heteroatoms. The molecule has 1 atom stereocenters. The van der Waals surface area contributed by atoms with Crippen molar-refractivity contribution >= 4 is 5.97 Å². The lowest BCUT2D eigenvalue weighted by atomic mass is 10.0. The van der Waals surface area contributed by atoms with Crippen LogP contribution in [0.3, 0.4) is 0 Å². The SMILES string of the molecule is O=C(O)Cc1cnc(C2CCCOC2)o1. The summed E-state index contributed by atoms with van der Waals surface area (Å²) >= 11 is 0. The van der Waals surface area contributed by atoms with Crippen LogP contribution in [-0.4, -0.2) is 29.3 Å². The van der Waals surface area contributed by atoms with Gasteiger partial charge in [-0.2, -0.15) is 0 Å². The van der Waals surface area contributed by atoms with Crippen LogP contribution in [-0.2, 0) is 16.0 Å². The van der Waals surface area contributed by atoms with Gasteiger partial charge in [0.25, 0.3) is 0 Å². The standard InChI is InChI=1S/C10H13NO4/c12-9(13)4-8-5-11-10(15-8)7-2-1-3-14-6-7/h5,7H,1-4,6H2,(H,12,13). The lowest BCUT2D eigenvalue weighted by molar-refractivity contribution is -0.136. The maximum Gasteiger partial charge on any atom is 0.311 e. The fourth-order valence-corrected chi connectivity index (χ4v) is 1.68. The van der Waals surface area contributed by atoms with Crippen molar-refractivity contribution in [2.75, 3.05) is 13.2 Å². The third-order valence-electron chi connectivity index (χ3n) is 2.41. The molecule has 0 amide bonds. The number of hydrogen-bond acceptors (Lipinski definition) is 4. The van der Waals surface area contributed by atoms with Crippen LogP contribution in [0, 0.1) is 0 Å². The molecule has 1 unspecified atom stereocenters. The van der Waals surface area contributed by atoms with Crippen molar-refractivity contribution < 1.29 is 19.1 Å². The fraction of sp³-hybridized carbons (Fsp3) is 0.600. The van der Waals surface area contributed by atoms with Gasteiger partial charge in [-0.3, -0.25) is 4.79 Å². The minimum Gasteiger partial charge on any atom is -0.481 e. The van der Waals surface area contributed by atoms with Gasteiger partial charge in [-0.05, 0) is 12.8 Å². The lowest BCUT2D eigenvalue weighted by Crippen LogP contribution is -2.15. The number of rotatable bonds is 3. The summed E-state index contributed by atoms with van der Waals surface area (Å²) < 4.78 is 10.7. The molecule has 1 aliphatic heterocycles. The third kappa shape index (κ3) is 2.56. The highest BCUT2D eigenvalue weighted by Crippen LogP contribution is 2.24. The van der Waals surface area contributed by atoms with Crippen molar-refractivity contribution in [3.05, 3.63) is 17.8 Å². The molecule has 0 bridgehead atoms. The van der Waals surface area contributed by atoms with E-state index in [4.69, 9.17) is 14.3 Å². The summed E-state index contributed by atoms with van der Waals surface area (Å²) in [6.07, 6.45) is 3.37. The molecule has 2 heterocycles. The molecule has 82 valence electrons. The first kappa shape index (κ1) is 10.2. The Labute approximate surface area is 87.1 Å². The lowest BCUT2D eigenvalue weighted by Gasteiger charge is -2.18. The van der Waals surface area contributed by atoms with E-state index in [2.05, 4.69) is 4.98 Å². The minimum atomic E-state index is -0.905. The Bertz CT molecular complexity index is 341. The Morgan fingerprint density at radius 2 is 2.53 bits per heavy atom. The van der Waals surface area contributed by atoms with Gasteiger partial charge in [0.2, 0.25) is 0 Å². The summed E-state index contributed by atoms with van der Waals surface area (Å²) in [5.41, 5.74) is 0. The summed E-state index contributed by atoms with van der Waals surface area (Å²) in [5.74, 6) is 0.285. The number of hydrogen-bond donors (Lipinski definition) is 1. The number of aromatic nitrogens is 1. The summed E-state index contributed by atoms with van der Waals surface area (Å²) in [6, 6.07) is 0. The Kier molecular flexibility index (Phi) is 3.01. The molecule has 1 aliphatic rings. The Morgan fingerprint density at radius 1 is 1.67 bits per heavy atom. The first-order valence-corrected chi connectivity index (χ1v) is 5.00. The Morgan fingerprint density at radius 3 is 3.20 bits per heavy atom. The molecule has 2 rings (SSSR count). The van der Waals surface area contributed by atoms with Gasteiger partial charge in [-0.25, -0.2) is 4.98 Å². The zero-order valence-electron chi connectivity index (χ0n) is 8.31. The maximum absolute atomic E-state index is 10.4. The normalized spacial score (nSPS) is 21.5. The second-order valence-corrected chi connectivity index (χ2v) is 3.65. The summed E-state index contributed by atoms with van der Waals surface area (Å²) in [7, 11) is 0. The van der Waals surface area contributed by atoms with Crippen LogP contribution in [0.15, 0.2) is 10.6 Å². The van der Waals surface area contributed by atoms with Gasteiger partial charge in [-0.1, -0.05) is 0 Å². The fourth-order valence-electron chi connectivity index (χ4n) is 1.68. The quantitative estimate of drug-likeness (QED) is 0.813. The molecule has 15 heavy (non-hydrogen) atoms. The Hall–Kier alpha value is -1.36. The van der Waals surface area contributed by atoms with Gasteiger partial charge in [-0.15, -0.1) is 0 Å². The highest BCUT2D eigenvalue weighted by molar-refractivity contribution is 5.69. The molecule has 5 nitrogen and oxygen atoms in total. The number of ether oxygens (including phenoxy) is 1. The average molecular weight is 211 g/mol. The summed E-state index contributed by atoms with van der Waals surface area (Å²) in [5, 5.41) is 8.57. The van der Waals surface area contributed by atoms with Crippen LogP contribution in [0.2, 0.25) is 0 Å². The van der Waals surface area contributed by atoms with Crippen molar-refractivity contribution in [1.82, 2.24) is 4.98 Å². The molecule has 1 saturated heterocycles. The van der Waals surface area contributed by atoms with Crippen molar-refractivity contribution in [2.45, 2.75) is 25.2 Å². The molecular weight excluding hydrogens is 198 g/mol. The first-order chi connectivity index (χ1) is 7.25. The van der Waals surface area contributed by atoms with E-state index in [0.29, 0.717) is 18.3 Å². The van der Waals surface area contributed by atoms with E-state index in [1.165, 1.54) is 6.20 Å². The Balaban J connectivity index is 2.02. The number of carboxylic acids is 1. The van der Waals surface area contributed by atoms with E-state index in [0.717, 1.165) is 19.4 Å². The monoisotopic (exact) mass is 211 g/mol. The molecule has 1 N–H and O–H groups in total. The average Bonchev–Trinajstić information content (AvgIpc) is 2.67. The second kappa shape index (κ2) is 4.44. The summed E-state index contributed by atoms with van der Waals surface area (Å²) in [4.78, 5) is 14.5. The van der Waals surface area contributed by atoms with Crippen LogP contribution < -0.4 is 0 Å². The van der Waals surface area contributed by atoms with Crippen molar-refractivity contribution in [3.63, 3.8) is 0 Å². The smallest absolute Gasteiger partial charge is 0.311 e. The minimum absolute atomic E-state index is 0.111. The number of oxazole rings is 1. The summed E-state index contributed by atoms with van der Waals surface area (Å²) in [6.45, 7) is 1.41. The number of carbonyl (C=O) groups is 1. The predicted molar refractivity (Wildman–Crippen MR) is 50.6 cm³/mol. The maximum atomic E-state index is 10.4.